The highest BCUT2D eigenvalue weighted by Crippen LogP contribution is 2.32. The highest BCUT2D eigenvalue weighted by atomic mass is 35.5. The van der Waals surface area contributed by atoms with Gasteiger partial charge in [0.2, 0.25) is 0 Å². The Hall–Kier alpha value is -1.52. The number of hydrogen-bond acceptors (Lipinski definition) is 2. The van der Waals surface area contributed by atoms with E-state index < -0.39 is 11.6 Å². The molecule has 0 amide bonds. The van der Waals surface area contributed by atoms with Crippen LogP contribution in [0.25, 0.3) is 0 Å². The van der Waals surface area contributed by atoms with Crippen LogP contribution in [-0.4, -0.2) is 0 Å². The molecule has 0 aliphatic rings. The number of nitrogen functional groups attached to an aromatic ring is 1. The lowest BCUT2D eigenvalue weighted by atomic mass is 10.2. The lowest BCUT2D eigenvalue weighted by molar-refractivity contribution is 0.301. The van der Waals surface area contributed by atoms with Crippen molar-refractivity contribution in [3.05, 3.63) is 57.6 Å². The van der Waals surface area contributed by atoms with Crippen molar-refractivity contribution in [3.8, 4) is 5.75 Å². The summed E-state index contributed by atoms with van der Waals surface area (Å²) in [6.07, 6.45) is 0. The SMILES string of the molecule is Nc1cc(Cl)c(Cl)cc1OCc1ccc(F)cc1F. The predicted octanol–water partition coefficient (Wildman–Crippen LogP) is 4.43. The standard InChI is InChI=1S/C13H9Cl2F2NO/c14-9-4-12(18)13(5-10(9)15)19-6-7-1-2-8(16)3-11(7)17/h1-5H,6,18H2. The highest BCUT2D eigenvalue weighted by Gasteiger charge is 2.09. The second kappa shape index (κ2) is 5.63. The van der Waals surface area contributed by atoms with Crippen LogP contribution in [0.5, 0.6) is 5.75 Å². The number of ether oxygens (including phenoxy) is 1. The van der Waals surface area contributed by atoms with Crippen LogP contribution in [0.3, 0.4) is 0 Å². The first kappa shape index (κ1) is 13.9. The Morgan fingerprint density at radius 2 is 1.74 bits per heavy atom. The smallest absolute Gasteiger partial charge is 0.144 e. The van der Waals surface area contributed by atoms with E-state index in [4.69, 9.17) is 33.7 Å². The number of nitrogens with two attached hydrogens (primary N) is 1. The summed E-state index contributed by atoms with van der Waals surface area (Å²) >= 11 is 11.6. The molecule has 2 aromatic carbocycles. The number of rotatable bonds is 3. The van der Waals surface area contributed by atoms with E-state index in [1.54, 1.807) is 0 Å². The van der Waals surface area contributed by atoms with Gasteiger partial charge in [0.05, 0.1) is 15.7 Å². The van der Waals surface area contributed by atoms with Gasteiger partial charge in [-0.05, 0) is 18.2 Å². The van der Waals surface area contributed by atoms with Gasteiger partial charge in [-0.1, -0.05) is 23.2 Å². The third-order valence-electron chi connectivity index (χ3n) is 2.45. The van der Waals surface area contributed by atoms with Crippen molar-refractivity contribution in [1.29, 1.82) is 0 Å². The molecule has 0 aliphatic carbocycles. The van der Waals surface area contributed by atoms with Crippen molar-refractivity contribution in [1.82, 2.24) is 0 Å². The van der Waals surface area contributed by atoms with Gasteiger partial charge in [-0.2, -0.15) is 0 Å². The highest BCUT2D eigenvalue weighted by molar-refractivity contribution is 6.42. The number of benzene rings is 2. The molecule has 0 atom stereocenters. The largest absolute Gasteiger partial charge is 0.487 e. The molecule has 0 spiro atoms. The molecule has 0 bridgehead atoms. The van der Waals surface area contributed by atoms with Crippen molar-refractivity contribution in [3.63, 3.8) is 0 Å². The summed E-state index contributed by atoms with van der Waals surface area (Å²) in [5, 5.41) is 0.588. The van der Waals surface area contributed by atoms with Crippen molar-refractivity contribution >= 4 is 28.9 Å². The van der Waals surface area contributed by atoms with Gasteiger partial charge in [0, 0.05) is 17.7 Å². The van der Waals surface area contributed by atoms with Gasteiger partial charge in [0.25, 0.3) is 0 Å². The van der Waals surface area contributed by atoms with E-state index >= 15 is 0 Å². The minimum absolute atomic E-state index is 0.0890. The Balaban J connectivity index is 2.16. The number of halogens is 4. The molecular formula is C13H9Cl2F2NO. The molecule has 2 N–H and O–H groups in total. The molecule has 19 heavy (non-hydrogen) atoms. The Morgan fingerprint density at radius 3 is 2.42 bits per heavy atom. The maximum absolute atomic E-state index is 13.4. The van der Waals surface area contributed by atoms with Gasteiger partial charge in [-0.25, -0.2) is 8.78 Å². The first-order valence-corrected chi connectivity index (χ1v) is 6.04. The van der Waals surface area contributed by atoms with E-state index in [9.17, 15) is 8.78 Å². The van der Waals surface area contributed by atoms with E-state index in [1.165, 1.54) is 18.2 Å². The van der Waals surface area contributed by atoms with Crippen molar-refractivity contribution < 1.29 is 13.5 Å². The molecule has 0 saturated carbocycles. The van der Waals surface area contributed by atoms with E-state index in [2.05, 4.69) is 0 Å². The van der Waals surface area contributed by atoms with E-state index in [0.717, 1.165) is 12.1 Å². The Bertz CT molecular complexity index is 620. The first-order valence-electron chi connectivity index (χ1n) is 5.28. The molecule has 2 rings (SSSR count). The fourth-order valence-electron chi connectivity index (χ4n) is 1.46. The zero-order valence-electron chi connectivity index (χ0n) is 9.59. The predicted molar refractivity (Wildman–Crippen MR) is 71.6 cm³/mol. The molecule has 0 aromatic heterocycles. The van der Waals surface area contributed by atoms with Crippen LogP contribution in [0.2, 0.25) is 10.0 Å². The lowest BCUT2D eigenvalue weighted by Gasteiger charge is -2.10. The van der Waals surface area contributed by atoms with Crippen molar-refractivity contribution in [2.24, 2.45) is 0 Å². The molecule has 0 heterocycles. The quantitative estimate of drug-likeness (QED) is 0.851. The fraction of sp³-hybridized carbons (Fsp3) is 0.0769. The summed E-state index contributed by atoms with van der Waals surface area (Å²) in [6, 6.07) is 6.14. The van der Waals surface area contributed by atoms with Crippen LogP contribution in [0.15, 0.2) is 30.3 Å². The third kappa shape index (κ3) is 3.28. The van der Waals surface area contributed by atoms with E-state index in [0.29, 0.717) is 5.02 Å². The van der Waals surface area contributed by atoms with Crippen LogP contribution in [0, 0.1) is 11.6 Å². The number of hydrogen-bond donors (Lipinski definition) is 1. The second-order valence-corrected chi connectivity index (χ2v) is 4.64. The summed E-state index contributed by atoms with van der Waals surface area (Å²) < 4.78 is 31.5. The molecule has 6 heteroatoms. The van der Waals surface area contributed by atoms with Crippen LogP contribution in [0.1, 0.15) is 5.56 Å². The van der Waals surface area contributed by atoms with Gasteiger partial charge >= 0.3 is 0 Å². The number of anilines is 1. The molecule has 0 aliphatic heterocycles. The summed E-state index contributed by atoms with van der Waals surface area (Å²) in [4.78, 5) is 0. The molecule has 2 aromatic rings. The Kier molecular flexibility index (Phi) is 4.12. The Morgan fingerprint density at radius 1 is 1.05 bits per heavy atom. The average molecular weight is 304 g/mol. The van der Waals surface area contributed by atoms with Crippen molar-refractivity contribution in [2.45, 2.75) is 6.61 Å². The molecule has 0 unspecified atom stereocenters. The maximum Gasteiger partial charge on any atom is 0.144 e. The van der Waals surface area contributed by atoms with Crippen LogP contribution >= 0.6 is 23.2 Å². The molecule has 0 saturated heterocycles. The normalized spacial score (nSPS) is 10.5. The van der Waals surface area contributed by atoms with Crippen LogP contribution < -0.4 is 10.5 Å². The fourth-order valence-corrected chi connectivity index (χ4v) is 1.79. The minimum Gasteiger partial charge on any atom is -0.487 e. The minimum atomic E-state index is -0.682. The molecule has 2 nitrogen and oxygen atoms in total. The summed E-state index contributed by atoms with van der Waals surface area (Å²) in [5.74, 6) is -1.04. The molecular weight excluding hydrogens is 295 g/mol. The molecule has 0 radical (unpaired) electrons. The second-order valence-electron chi connectivity index (χ2n) is 3.83. The van der Waals surface area contributed by atoms with Gasteiger partial charge in [0.15, 0.2) is 0 Å². The zero-order valence-corrected chi connectivity index (χ0v) is 11.1. The Labute approximate surface area is 118 Å². The lowest BCUT2D eigenvalue weighted by Crippen LogP contribution is -2.01. The van der Waals surface area contributed by atoms with Gasteiger partial charge in [-0.3, -0.25) is 0 Å². The summed E-state index contributed by atoms with van der Waals surface area (Å²) in [5.41, 5.74) is 6.20. The maximum atomic E-state index is 13.4. The van der Waals surface area contributed by atoms with E-state index in [-0.39, 0.29) is 28.6 Å². The molecule has 0 fully saturated rings. The molecule has 100 valence electrons. The third-order valence-corrected chi connectivity index (χ3v) is 3.17. The monoisotopic (exact) mass is 303 g/mol. The van der Waals surface area contributed by atoms with Crippen LogP contribution in [-0.2, 0) is 6.61 Å². The topological polar surface area (TPSA) is 35.2 Å². The first-order chi connectivity index (χ1) is 8.97. The van der Waals surface area contributed by atoms with Gasteiger partial charge in [0.1, 0.15) is 24.0 Å². The van der Waals surface area contributed by atoms with Gasteiger partial charge < -0.3 is 10.5 Å². The van der Waals surface area contributed by atoms with Crippen molar-refractivity contribution in [2.75, 3.05) is 5.73 Å². The van der Waals surface area contributed by atoms with Crippen LogP contribution in [0.4, 0.5) is 14.5 Å². The average Bonchev–Trinajstić information content (AvgIpc) is 2.34. The van der Waals surface area contributed by atoms with E-state index in [1.807, 2.05) is 0 Å². The zero-order chi connectivity index (χ0) is 14.0. The summed E-state index contributed by atoms with van der Waals surface area (Å²) in [6.45, 7) is -0.0890. The summed E-state index contributed by atoms with van der Waals surface area (Å²) in [7, 11) is 0. The van der Waals surface area contributed by atoms with Gasteiger partial charge in [-0.15, -0.1) is 0 Å².